The fourth-order valence-electron chi connectivity index (χ4n) is 1.46. The van der Waals surface area contributed by atoms with Crippen LogP contribution in [0.25, 0.3) is 0 Å². The third-order valence-corrected chi connectivity index (χ3v) is 2.55. The largest absolute Gasteiger partial charge is 0.481 e. The molecule has 0 aliphatic carbocycles. The molecule has 1 N–H and O–H groups in total. The number of rotatable bonds is 4. The highest BCUT2D eigenvalue weighted by molar-refractivity contribution is 5.67. The van der Waals surface area contributed by atoms with Gasteiger partial charge in [-0.15, -0.1) is 0 Å². The Bertz CT molecular complexity index is 358. The Kier molecular flexibility index (Phi) is 3.86. The lowest BCUT2D eigenvalue weighted by Crippen LogP contribution is -2.08. The summed E-state index contributed by atoms with van der Waals surface area (Å²) in [6.07, 6.45) is -0.360. The Morgan fingerprint density at radius 2 is 2.07 bits per heavy atom. The van der Waals surface area contributed by atoms with Crippen molar-refractivity contribution in [2.75, 3.05) is 7.11 Å². The molecule has 0 radical (unpaired) electrons. The second kappa shape index (κ2) is 4.94. The Morgan fingerprint density at radius 3 is 2.53 bits per heavy atom. The molecule has 1 aromatic rings. The van der Waals surface area contributed by atoms with Crippen LogP contribution in [-0.2, 0) is 9.53 Å². The average molecular weight is 208 g/mol. The van der Waals surface area contributed by atoms with E-state index in [0.717, 1.165) is 11.1 Å². The summed E-state index contributed by atoms with van der Waals surface area (Å²) in [6, 6.07) is 5.88. The van der Waals surface area contributed by atoms with Crippen LogP contribution in [0.1, 0.15) is 29.2 Å². The van der Waals surface area contributed by atoms with E-state index in [1.54, 1.807) is 0 Å². The van der Waals surface area contributed by atoms with Crippen LogP contribution in [-0.4, -0.2) is 18.2 Å². The van der Waals surface area contributed by atoms with Gasteiger partial charge < -0.3 is 9.84 Å². The van der Waals surface area contributed by atoms with E-state index in [9.17, 15) is 4.79 Å². The van der Waals surface area contributed by atoms with Crippen molar-refractivity contribution in [2.24, 2.45) is 0 Å². The molecular formula is C12H16O3. The summed E-state index contributed by atoms with van der Waals surface area (Å²) in [5.41, 5.74) is 3.27. The first-order chi connectivity index (χ1) is 7.04. The van der Waals surface area contributed by atoms with Crippen LogP contribution in [0.4, 0.5) is 0 Å². The van der Waals surface area contributed by atoms with Gasteiger partial charge in [-0.3, -0.25) is 4.79 Å². The van der Waals surface area contributed by atoms with Crippen LogP contribution in [0, 0.1) is 13.8 Å². The quantitative estimate of drug-likeness (QED) is 0.826. The van der Waals surface area contributed by atoms with Gasteiger partial charge in [0.2, 0.25) is 0 Å². The number of carbonyl (C=O) groups is 1. The van der Waals surface area contributed by atoms with E-state index in [-0.39, 0.29) is 12.5 Å². The van der Waals surface area contributed by atoms with E-state index in [0.29, 0.717) is 0 Å². The first-order valence-electron chi connectivity index (χ1n) is 4.86. The number of aryl methyl sites for hydroxylation is 2. The highest BCUT2D eigenvalue weighted by atomic mass is 16.5. The minimum Gasteiger partial charge on any atom is -0.481 e. The molecular weight excluding hydrogens is 192 g/mol. The second-order valence-corrected chi connectivity index (χ2v) is 3.67. The van der Waals surface area contributed by atoms with E-state index in [1.165, 1.54) is 12.7 Å². The van der Waals surface area contributed by atoms with Crippen molar-refractivity contribution >= 4 is 5.97 Å². The molecule has 0 spiro atoms. The summed E-state index contributed by atoms with van der Waals surface area (Å²) in [7, 11) is 1.53. The average Bonchev–Trinajstić information content (AvgIpc) is 2.18. The minimum atomic E-state index is -0.847. The molecule has 0 bridgehead atoms. The van der Waals surface area contributed by atoms with Gasteiger partial charge in [-0.05, 0) is 30.5 Å². The van der Waals surface area contributed by atoms with Crippen LogP contribution >= 0.6 is 0 Å². The van der Waals surface area contributed by atoms with Crippen molar-refractivity contribution in [1.29, 1.82) is 0 Å². The van der Waals surface area contributed by atoms with E-state index >= 15 is 0 Å². The van der Waals surface area contributed by atoms with Gasteiger partial charge in [0.25, 0.3) is 0 Å². The fraction of sp³-hybridized carbons (Fsp3) is 0.417. The van der Waals surface area contributed by atoms with Crippen molar-refractivity contribution < 1.29 is 14.6 Å². The number of aliphatic carboxylic acids is 1. The monoisotopic (exact) mass is 208 g/mol. The van der Waals surface area contributed by atoms with Crippen LogP contribution in [0.3, 0.4) is 0 Å². The molecule has 0 aromatic heterocycles. The molecule has 1 unspecified atom stereocenters. The Hall–Kier alpha value is -1.35. The molecule has 0 amide bonds. The Labute approximate surface area is 89.7 Å². The molecule has 0 aliphatic rings. The first-order valence-corrected chi connectivity index (χ1v) is 4.86. The minimum absolute atomic E-state index is 0.000991. The van der Waals surface area contributed by atoms with Gasteiger partial charge in [0, 0.05) is 7.11 Å². The van der Waals surface area contributed by atoms with Gasteiger partial charge in [-0.25, -0.2) is 0 Å². The predicted molar refractivity (Wildman–Crippen MR) is 57.9 cm³/mol. The smallest absolute Gasteiger partial charge is 0.306 e. The molecule has 1 atom stereocenters. The van der Waals surface area contributed by atoms with Crippen LogP contribution < -0.4 is 0 Å². The fourth-order valence-corrected chi connectivity index (χ4v) is 1.46. The van der Waals surface area contributed by atoms with Crippen LogP contribution in [0.2, 0.25) is 0 Å². The standard InChI is InChI=1S/C12H16O3/c1-8-4-5-10(6-9(8)2)11(15-3)7-12(13)14/h4-6,11H,7H2,1-3H3,(H,13,14). The zero-order chi connectivity index (χ0) is 11.4. The number of methoxy groups -OCH3 is 1. The number of benzene rings is 1. The van der Waals surface area contributed by atoms with Crippen molar-refractivity contribution in [3.63, 3.8) is 0 Å². The first kappa shape index (κ1) is 11.7. The van der Waals surface area contributed by atoms with Crippen molar-refractivity contribution in [1.82, 2.24) is 0 Å². The summed E-state index contributed by atoms with van der Waals surface area (Å²) in [6.45, 7) is 4.03. The van der Waals surface area contributed by atoms with E-state index < -0.39 is 5.97 Å². The lowest BCUT2D eigenvalue weighted by atomic mass is 10.0. The summed E-state index contributed by atoms with van der Waals surface area (Å²) >= 11 is 0. The van der Waals surface area contributed by atoms with Gasteiger partial charge >= 0.3 is 5.97 Å². The highest BCUT2D eigenvalue weighted by Crippen LogP contribution is 2.22. The van der Waals surface area contributed by atoms with Crippen molar-refractivity contribution in [2.45, 2.75) is 26.4 Å². The topological polar surface area (TPSA) is 46.5 Å². The molecule has 15 heavy (non-hydrogen) atoms. The van der Waals surface area contributed by atoms with Gasteiger partial charge in [0.05, 0.1) is 12.5 Å². The van der Waals surface area contributed by atoms with Gasteiger partial charge in [-0.2, -0.15) is 0 Å². The maximum absolute atomic E-state index is 10.6. The highest BCUT2D eigenvalue weighted by Gasteiger charge is 2.14. The van der Waals surface area contributed by atoms with Gasteiger partial charge in [0.15, 0.2) is 0 Å². The zero-order valence-electron chi connectivity index (χ0n) is 9.28. The predicted octanol–water partition coefficient (Wildman–Crippen LogP) is 2.47. The third-order valence-electron chi connectivity index (χ3n) is 2.55. The number of ether oxygens (including phenoxy) is 1. The molecule has 1 rings (SSSR count). The molecule has 0 aliphatic heterocycles. The number of carboxylic acids is 1. The molecule has 0 saturated heterocycles. The maximum atomic E-state index is 10.6. The maximum Gasteiger partial charge on any atom is 0.306 e. The molecule has 3 nitrogen and oxygen atoms in total. The van der Waals surface area contributed by atoms with Crippen LogP contribution in [0.15, 0.2) is 18.2 Å². The summed E-state index contributed by atoms with van der Waals surface area (Å²) in [5, 5.41) is 8.72. The SMILES string of the molecule is COC(CC(=O)O)c1ccc(C)c(C)c1. The molecule has 1 aromatic carbocycles. The van der Waals surface area contributed by atoms with Gasteiger partial charge in [0.1, 0.15) is 0 Å². The van der Waals surface area contributed by atoms with Crippen LogP contribution in [0.5, 0.6) is 0 Å². The molecule has 0 fully saturated rings. The Morgan fingerprint density at radius 1 is 1.40 bits per heavy atom. The lowest BCUT2D eigenvalue weighted by molar-refractivity contribution is -0.139. The Balaban J connectivity index is 2.92. The summed E-state index contributed by atoms with van der Waals surface area (Å²) < 4.78 is 5.16. The molecule has 0 saturated carbocycles. The molecule has 0 heterocycles. The van der Waals surface area contributed by atoms with E-state index in [1.807, 2.05) is 32.0 Å². The third kappa shape index (κ3) is 3.06. The second-order valence-electron chi connectivity index (χ2n) is 3.67. The zero-order valence-corrected chi connectivity index (χ0v) is 9.28. The van der Waals surface area contributed by atoms with Crippen molar-refractivity contribution in [3.05, 3.63) is 34.9 Å². The summed E-state index contributed by atoms with van der Waals surface area (Å²) in [4.78, 5) is 10.6. The van der Waals surface area contributed by atoms with Gasteiger partial charge in [-0.1, -0.05) is 18.2 Å². The van der Waals surface area contributed by atoms with E-state index in [2.05, 4.69) is 0 Å². The molecule has 3 heteroatoms. The lowest BCUT2D eigenvalue weighted by Gasteiger charge is -2.14. The normalized spacial score (nSPS) is 12.5. The molecule has 82 valence electrons. The number of carboxylic acid groups (broad SMARTS) is 1. The number of hydrogen-bond donors (Lipinski definition) is 1. The number of hydrogen-bond acceptors (Lipinski definition) is 2. The van der Waals surface area contributed by atoms with E-state index in [4.69, 9.17) is 9.84 Å². The van der Waals surface area contributed by atoms with Crippen molar-refractivity contribution in [3.8, 4) is 0 Å². The summed E-state index contributed by atoms with van der Waals surface area (Å²) in [5.74, 6) is -0.847.